The molecule has 0 heterocycles. The topological polar surface area (TPSA) is 134 Å². The second-order valence-electron chi connectivity index (χ2n) is 9.59. The van der Waals surface area contributed by atoms with Crippen LogP contribution in [-0.4, -0.2) is 49.3 Å². The molecule has 240 valence electrons. The Labute approximate surface area is 253 Å². The normalized spacial score (nSPS) is 14.5. The molecule has 0 aliphatic carbocycles. The molecule has 0 radical (unpaired) electrons. The summed E-state index contributed by atoms with van der Waals surface area (Å²) in [5.41, 5.74) is 5.28. The Hall–Kier alpha value is -2.29. The molecule has 2 unspecified atom stereocenters. The molecule has 0 saturated carbocycles. The maximum absolute atomic E-state index is 12.4. The van der Waals surface area contributed by atoms with Gasteiger partial charge in [0.1, 0.15) is 6.61 Å². The lowest BCUT2D eigenvalue weighted by Crippen LogP contribution is -2.29. The number of esters is 2. The van der Waals surface area contributed by atoms with E-state index in [1.54, 1.807) is 0 Å². The lowest BCUT2D eigenvalue weighted by Gasteiger charge is -2.19. The number of allylic oxidation sites excluding steroid dienone is 10. The van der Waals surface area contributed by atoms with Crippen LogP contribution in [-0.2, 0) is 32.7 Å². The molecule has 42 heavy (non-hydrogen) atoms. The first-order valence-corrected chi connectivity index (χ1v) is 16.8. The van der Waals surface area contributed by atoms with Crippen molar-refractivity contribution >= 4 is 19.8 Å². The van der Waals surface area contributed by atoms with Gasteiger partial charge in [-0.2, -0.15) is 0 Å². The molecule has 0 aromatic rings. The quantitative estimate of drug-likeness (QED) is 0.0421. The summed E-state index contributed by atoms with van der Waals surface area (Å²) in [6.45, 7) is 3.36. The molecule has 0 rings (SSSR count). The summed E-state index contributed by atoms with van der Waals surface area (Å²) in [7, 11) is -4.37. The molecule has 0 aliphatic rings. The molecule has 0 spiro atoms. The fourth-order valence-electron chi connectivity index (χ4n) is 3.43. The van der Waals surface area contributed by atoms with Gasteiger partial charge in [-0.05, 0) is 51.4 Å². The van der Waals surface area contributed by atoms with Gasteiger partial charge in [-0.3, -0.25) is 18.6 Å². The van der Waals surface area contributed by atoms with Gasteiger partial charge in [0, 0.05) is 19.4 Å². The summed E-state index contributed by atoms with van der Waals surface area (Å²) in [5.74, 6) is -0.928. The number of unbranched alkanes of at least 4 members (excludes halogenated alkanes) is 4. The van der Waals surface area contributed by atoms with Crippen molar-refractivity contribution in [1.29, 1.82) is 0 Å². The van der Waals surface area contributed by atoms with E-state index in [9.17, 15) is 19.0 Å². The van der Waals surface area contributed by atoms with Crippen LogP contribution in [0.4, 0.5) is 0 Å². The Morgan fingerprint density at radius 3 is 1.88 bits per heavy atom. The highest BCUT2D eigenvalue weighted by atomic mass is 31.2. The Balaban J connectivity index is 4.35. The Morgan fingerprint density at radius 1 is 0.738 bits per heavy atom. The molecule has 0 aromatic carbocycles. The fourth-order valence-corrected chi connectivity index (χ4v) is 4.20. The number of phosphoric acid groups is 1. The summed E-state index contributed by atoms with van der Waals surface area (Å²) < 4.78 is 32.1. The second kappa shape index (κ2) is 28.8. The van der Waals surface area contributed by atoms with Crippen molar-refractivity contribution in [3.63, 3.8) is 0 Å². The first-order valence-electron chi connectivity index (χ1n) is 15.3. The van der Waals surface area contributed by atoms with Gasteiger partial charge in [0.15, 0.2) is 6.10 Å². The van der Waals surface area contributed by atoms with E-state index < -0.39 is 32.5 Å². The van der Waals surface area contributed by atoms with E-state index in [-0.39, 0.29) is 32.6 Å². The van der Waals surface area contributed by atoms with E-state index in [1.807, 2.05) is 6.08 Å². The van der Waals surface area contributed by atoms with Crippen LogP contribution >= 0.6 is 7.82 Å². The number of nitrogens with two attached hydrogens (primary N) is 1. The minimum atomic E-state index is -4.37. The van der Waals surface area contributed by atoms with E-state index in [1.165, 1.54) is 0 Å². The molecule has 0 amide bonds. The van der Waals surface area contributed by atoms with Crippen molar-refractivity contribution in [2.45, 2.75) is 103 Å². The van der Waals surface area contributed by atoms with Crippen molar-refractivity contribution in [2.75, 3.05) is 26.4 Å². The van der Waals surface area contributed by atoms with Crippen LogP contribution in [0.25, 0.3) is 0 Å². The van der Waals surface area contributed by atoms with Gasteiger partial charge in [0.05, 0.1) is 13.2 Å². The zero-order valence-electron chi connectivity index (χ0n) is 25.7. The summed E-state index contributed by atoms with van der Waals surface area (Å²) in [6.07, 6.45) is 30.4. The maximum Gasteiger partial charge on any atom is 0.472 e. The Kier molecular flexibility index (Phi) is 27.2. The standard InChI is InChI=1S/C32H54NO8P/c1-3-5-7-9-10-11-12-13-14-15-16-17-18-19-20-21-23-25-32(35)41-30(29-40-42(36,37)39-27-26-33)28-38-31(34)24-22-8-6-4-2/h5,7,10-11,13-14,16-17,19-20,30H,3-4,6,8-9,12,15,18,21-29,33H2,1-2H3,(H,36,37)/b7-5-,11-10-,14-13-,17-16-,20-19-. The van der Waals surface area contributed by atoms with Crippen LogP contribution in [0.1, 0.15) is 97.3 Å². The van der Waals surface area contributed by atoms with Gasteiger partial charge in [-0.1, -0.05) is 93.9 Å². The van der Waals surface area contributed by atoms with E-state index in [0.29, 0.717) is 19.3 Å². The van der Waals surface area contributed by atoms with Gasteiger partial charge in [0.2, 0.25) is 0 Å². The number of hydrogen-bond donors (Lipinski definition) is 2. The second-order valence-corrected chi connectivity index (χ2v) is 11.0. The molecule has 0 aromatic heterocycles. The first kappa shape index (κ1) is 39.7. The number of rotatable bonds is 27. The highest BCUT2D eigenvalue weighted by Crippen LogP contribution is 2.43. The van der Waals surface area contributed by atoms with Gasteiger partial charge >= 0.3 is 19.8 Å². The van der Waals surface area contributed by atoms with Crippen molar-refractivity contribution < 1.29 is 37.6 Å². The van der Waals surface area contributed by atoms with Gasteiger partial charge in [0.25, 0.3) is 0 Å². The molecule has 0 saturated heterocycles. The van der Waals surface area contributed by atoms with Crippen molar-refractivity contribution in [3.05, 3.63) is 60.8 Å². The molecule has 0 aliphatic heterocycles. The Bertz CT molecular complexity index is 882. The zero-order valence-corrected chi connectivity index (χ0v) is 26.6. The average Bonchev–Trinajstić information content (AvgIpc) is 2.97. The van der Waals surface area contributed by atoms with Crippen LogP contribution in [0.3, 0.4) is 0 Å². The molecule has 3 N–H and O–H groups in total. The third-order valence-electron chi connectivity index (χ3n) is 5.67. The highest BCUT2D eigenvalue weighted by Gasteiger charge is 2.25. The van der Waals surface area contributed by atoms with Crippen LogP contribution in [0.5, 0.6) is 0 Å². The maximum atomic E-state index is 12.4. The predicted molar refractivity (Wildman–Crippen MR) is 169 cm³/mol. The predicted octanol–water partition coefficient (Wildman–Crippen LogP) is 7.43. The van der Waals surface area contributed by atoms with Gasteiger partial charge < -0.3 is 20.1 Å². The molecule has 9 nitrogen and oxygen atoms in total. The lowest BCUT2D eigenvalue weighted by atomic mass is 10.2. The molecule has 10 heteroatoms. The number of ether oxygens (including phenoxy) is 2. The van der Waals surface area contributed by atoms with E-state index in [4.69, 9.17) is 24.3 Å². The Morgan fingerprint density at radius 2 is 1.31 bits per heavy atom. The third-order valence-corrected chi connectivity index (χ3v) is 6.65. The highest BCUT2D eigenvalue weighted by molar-refractivity contribution is 7.47. The first-order chi connectivity index (χ1) is 20.3. The number of hydrogen-bond acceptors (Lipinski definition) is 8. The van der Waals surface area contributed by atoms with Crippen LogP contribution < -0.4 is 5.73 Å². The van der Waals surface area contributed by atoms with Crippen molar-refractivity contribution in [2.24, 2.45) is 5.73 Å². The summed E-state index contributed by atoms with van der Waals surface area (Å²) in [5, 5.41) is 0. The monoisotopic (exact) mass is 611 g/mol. The van der Waals surface area contributed by atoms with Crippen molar-refractivity contribution in [3.8, 4) is 0 Å². The average molecular weight is 612 g/mol. The summed E-state index contributed by atoms with van der Waals surface area (Å²) in [6, 6.07) is 0. The minimum Gasteiger partial charge on any atom is -0.462 e. The van der Waals surface area contributed by atoms with Crippen LogP contribution in [0.2, 0.25) is 0 Å². The smallest absolute Gasteiger partial charge is 0.462 e. The minimum absolute atomic E-state index is 0.0415. The zero-order chi connectivity index (χ0) is 31.2. The molecule has 2 atom stereocenters. The SMILES string of the molecule is CC/C=C\C/C=C\C/C=C\C/C=C\C/C=C\CCCC(=O)OC(COC(=O)CCCCCC)COP(=O)(O)OCCN. The summed E-state index contributed by atoms with van der Waals surface area (Å²) >= 11 is 0. The molecule has 0 fully saturated rings. The van der Waals surface area contributed by atoms with Gasteiger partial charge in [-0.25, -0.2) is 4.57 Å². The largest absolute Gasteiger partial charge is 0.472 e. The molecule has 0 bridgehead atoms. The number of carbonyl (C=O) groups is 2. The van der Waals surface area contributed by atoms with Crippen LogP contribution in [0.15, 0.2) is 60.8 Å². The van der Waals surface area contributed by atoms with E-state index in [0.717, 1.165) is 51.4 Å². The molecular weight excluding hydrogens is 557 g/mol. The lowest BCUT2D eigenvalue weighted by molar-refractivity contribution is -0.161. The fraction of sp³-hybridized carbons (Fsp3) is 0.625. The number of phosphoric ester groups is 1. The van der Waals surface area contributed by atoms with E-state index in [2.05, 4.69) is 68.5 Å². The third kappa shape index (κ3) is 27.9. The van der Waals surface area contributed by atoms with Gasteiger partial charge in [-0.15, -0.1) is 0 Å². The van der Waals surface area contributed by atoms with Crippen LogP contribution in [0, 0.1) is 0 Å². The summed E-state index contributed by atoms with van der Waals surface area (Å²) in [4.78, 5) is 34.1. The van der Waals surface area contributed by atoms with Crippen molar-refractivity contribution in [1.82, 2.24) is 0 Å². The van der Waals surface area contributed by atoms with E-state index >= 15 is 0 Å². The number of carbonyl (C=O) groups excluding carboxylic acids is 2. The molecular formula is C32H54NO8P.